The van der Waals surface area contributed by atoms with Crippen LogP contribution in [0.3, 0.4) is 0 Å². The summed E-state index contributed by atoms with van der Waals surface area (Å²) in [7, 11) is 0. The van der Waals surface area contributed by atoms with E-state index in [0.29, 0.717) is 5.57 Å². The first-order valence-corrected chi connectivity index (χ1v) is 6.99. The molecule has 0 bridgehead atoms. The summed E-state index contributed by atoms with van der Waals surface area (Å²) in [4.78, 5) is 24.2. The maximum absolute atomic E-state index is 12.2. The molecule has 6 heteroatoms. The van der Waals surface area contributed by atoms with Gasteiger partial charge in [-0.2, -0.15) is 0 Å². The van der Waals surface area contributed by atoms with Crippen LogP contribution < -0.4 is 0 Å². The number of carbonyl (C=O) groups is 2. The molecule has 1 aromatic rings. The molecule has 21 heavy (non-hydrogen) atoms. The van der Waals surface area contributed by atoms with Crippen LogP contribution in [0.15, 0.2) is 46.8 Å². The van der Waals surface area contributed by atoms with Gasteiger partial charge in [0.15, 0.2) is 0 Å². The predicted octanol–water partition coefficient (Wildman–Crippen LogP) is 2.92. The van der Waals surface area contributed by atoms with Gasteiger partial charge in [0.25, 0.3) is 5.91 Å². The summed E-state index contributed by atoms with van der Waals surface area (Å²) < 4.78 is 38.8. The minimum Gasteiger partial charge on any atom is -0.480 e. The van der Waals surface area contributed by atoms with Crippen molar-refractivity contribution in [1.29, 1.82) is 0 Å². The number of carboxylic acids is 1. The van der Waals surface area contributed by atoms with E-state index in [1.807, 2.05) is 0 Å². The number of amides is 1. The lowest BCUT2D eigenvalue weighted by molar-refractivity contribution is -0.140. The van der Waals surface area contributed by atoms with E-state index in [4.69, 9.17) is 24.2 Å². The highest BCUT2D eigenvalue weighted by molar-refractivity contribution is 8.26. The summed E-state index contributed by atoms with van der Waals surface area (Å²) in [6.45, 7) is 1.07. The minimum absolute atomic E-state index is 0.00534. The van der Waals surface area contributed by atoms with E-state index < -0.39 is 36.5 Å². The van der Waals surface area contributed by atoms with E-state index >= 15 is 0 Å². The molecular weight excluding hydrogens is 306 g/mol. The summed E-state index contributed by atoms with van der Waals surface area (Å²) in [6, 6.07) is -2.07. The molecule has 1 N–H and O–H groups in total. The normalized spacial score (nSPS) is 21.0. The highest BCUT2D eigenvalue weighted by Gasteiger charge is 2.33. The molecular formula is C15H13NO3S2. The first-order valence-electron chi connectivity index (χ1n) is 8.27. The zero-order valence-corrected chi connectivity index (χ0v) is 12.5. The van der Waals surface area contributed by atoms with Crippen molar-refractivity contribution in [3.8, 4) is 0 Å². The summed E-state index contributed by atoms with van der Waals surface area (Å²) in [5.74, 6) is -1.73. The largest absolute Gasteiger partial charge is 0.480 e. The Morgan fingerprint density at radius 2 is 2.14 bits per heavy atom. The molecule has 1 fully saturated rings. The van der Waals surface area contributed by atoms with E-state index in [-0.39, 0.29) is 26.9 Å². The molecule has 0 spiro atoms. The van der Waals surface area contributed by atoms with Crippen LogP contribution in [0.2, 0.25) is 0 Å². The Morgan fingerprint density at radius 3 is 2.76 bits per heavy atom. The second-order valence-electron chi connectivity index (χ2n) is 4.09. The summed E-state index contributed by atoms with van der Waals surface area (Å²) in [5.41, 5.74) is 0.463. The standard InChI is InChI=1S/C15H13NO3S2/c1-10(7-11-5-3-2-4-6-11)8-12-14(19)16(9-13(17)18)15(20)21-12/h2-8H,9H2,1H3,(H,17,18)/b10-7+,12-8-/i2D,3D,4D,5D,6D. The van der Waals surface area contributed by atoms with Gasteiger partial charge in [-0.1, -0.05) is 60.3 Å². The van der Waals surface area contributed by atoms with Gasteiger partial charge in [-0.3, -0.25) is 14.5 Å². The first-order chi connectivity index (χ1) is 12.0. The number of aliphatic carboxylic acids is 1. The van der Waals surface area contributed by atoms with Crippen molar-refractivity contribution in [3.63, 3.8) is 0 Å². The van der Waals surface area contributed by atoms with Gasteiger partial charge in [-0.05, 0) is 24.1 Å². The lowest BCUT2D eigenvalue weighted by atomic mass is 10.1. The van der Waals surface area contributed by atoms with Crippen LogP contribution in [0.4, 0.5) is 0 Å². The minimum atomic E-state index is -1.19. The molecule has 0 unspecified atom stereocenters. The van der Waals surface area contributed by atoms with Crippen LogP contribution >= 0.6 is 24.0 Å². The second kappa shape index (κ2) is 6.69. The Kier molecular flexibility index (Phi) is 3.16. The van der Waals surface area contributed by atoms with Crippen LogP contribution in [-0.4, -0.2) is 32.7 Å². The van der Waals surface area contributed by atoms with Gasteiger partial charge in [-0.15, -0.1) is 0 Å². The third-order valence-electron chi connectivity index (χ3n) is 2.42. The van der Waals surface area contributed by atoms with Gasteiger partial charge in [-0.25, -0.2) is 0 Å². The van der Waals surface area contributed by atoms with Gasteiger partial charge >= 0.3 is 5.97 Å². The van der Waals surface area contributed by atoms with Gasteiger partial charge in [0, 0.05) is 0 Å². The van der Waals surface area contributed by atoms with Crippen LogP contribution in [0.1, 0.15) is 19.3 Å². The van der Waals surface area contributed by atoms with Gasteiger partial charge < -0.3 is 5.11 Å². The average Bonchev–Trinajstić information content (AvgIpc) is 2.82. The van der Waals surface area contributed by atoms with Crippen molar-refractivity contribution in [2.24, 2.45) is 0 Å². The number of hydrogen-bond acceptors (Lipinski definition) is 4. The Balaban J connectivity index is 2.41. The van der Waals surface area contributed by atoms with Gasteiger partial charge in [0.1, 0.15) is 10.9 Å². The van der Waals surface area contributed by atoms with Gasteiger partial charge in [0.05, 0.1) is 11.8 Å². The molecule has 0 atom stereocenters. The number of nitrogens with zero attached hydrogens (tertiary/aromatic N) is 1. The monoisotopic (exact) mass is 324 g/mol. The molecule has 4 nitrogen and oxygen atoms in total. The van der Waals surface area contributed by atoms with E-state index in [1.54, 1.807) is 6.92 Å². The highest BCUT2D eigenvalue weighted by atomic mass is 32.2. The smallest absolute Gasteiger partial charge is 0.323 e. The molecule has 0 aliphatic carbocycles. The fourth-order valence-corrected chi connectivity index (χ4v) is 2.88. The maximum atomic E-state index is 12.2. The second-order valence-corrected chi connectivity index (χ2v) is 5.76. The first kappa shape index (κ1) is 9.92. The average molecular weight is 324 g/mol. The molecule has 1 aliphatic heterocycles. The summed E-state index contributed by atoms with van der Waals surface area (Å²) >= 11 is 5.95. The number of thioether (sulfide) groups is 1. The number of hydrogen-bond donors (Lipinski definition) is 1. The number of carbonyl (C=O) groups excluding carboxylic acids is 1. The molecule has 1 amide bonds. The lowest BCUT2D eigenvalue weighted by Gasteiger charge is -2.10. The van der Waals surface area contributed by atoms with E-state index in [1.165, 1.54) is 12.2 Å². The molecule has 1 saturated heterocycles. The molecule has 0 saturated carbocycles. The van der Waals surface area contributed by atoms with Crippen molar-refractivity contribution in [2.45, 2.75) is 6.92 Å². The Hall–Kier alpha value is -1.92. The fraction of sp³-hybridized carbons (Fsp3) is 0.133. The van der Waals surface area contributed by atoms with Crippen molar-refractivity contribution in [2.75, 3.05) is 6.54 Å². The molecule has 108 valence electrons. The summed E-state index contributed by atoms with van der Waals surface area (Å²) in [6.07, 6.45) is 2.83. The zero-order valence-electron chi connectivity index (χ0n) is 15.9. The van der Waals surface area contributed by atoms with Crippen molar-refractivity contribution in [1.82, 2.24) is 4.90 Å². The van der Waals surface area contributed by atoms with E-state index in [2.05, 4.69) is 0 Å². The topological polar surface area (TPSA) is 57.6 Å². The lowest BCUT2D eigenvalue weighted by Crippen LogP contribution is -2.33. The molecule has 0 aromatic heterocycles. The van der Waals surface area contributed by atoms with E-state index in [9.17, 15) is 9.59 Å². The Morgan fingerprint density at radius 1 is 1.48 bits per heavy atom. The highest BCUT2D eigenvalue weighted by Crippen LogP contribution is 2.31. The van der Waals surface area contributed by atoms with Crippen LogP contribution in [0, 0.1) is 0 Å². The molecule has 1 aromatic carbocycles. The molecule has 1 aliphatic rings. The van der Waals surface area contributed by atoms with Crippen molar-refractivity contribution in [3.05, 3.63) is 52.3 Å². The number of rotatable bonds is 4. The zero-order chi connectivity index (χ0) is 19.8. The van der Waals surface area contributed by atoms with E-state index in [0.717, 1.165) is 16.7 Å². The Labute approximate surface area is 139 Å². The SMILES string of the molecule is [2H]c1c([2H])c([2H])c(/C=C(C)/C=C2\SC(=S)N(CC(=O)O)C2=O)c([2H])c1[2H]. The molecule has 0 radical (unpaired) electrons. The Bertz CT molecular complexity index is 869. The van der Waals surface area contributed by atoms with Gasteiger partial charge in [0.2, 0.25) is 0 Å². The third kappa shape index (κ3) is 4.03. The number of thiocarbonyl (C=S) groups is 1. The number of allylic oxidation sites excluding steroid dienone is 2. The van der Waals surface area contributed by atoms with Crippen LogP contribution in [0.25, 0.3) is 6.08 Å². The van der Waals surface area contributed by atoms with Crippen LogP contribution in [-0.2, 0) is 9.59 Å². The number of benzene rings is 1. The molecule has 2 rings (SSSR count). The third-order valence-corrected chi connectivity index (χ3v) is 3.79. The summed E-state index contributed by atoms with van der Waals surface area (Å²) in [5, 5.41) is 8.82. The predicted molar refractivity (Wildman–Crippen MR) is 87.7 cm³/mol. The molecule has 1 heterocycles. The fourth-order valence-electron chi connectivity index (χ4n) is 1.58. The quantitative estimate of drug-likeness (QED) is 0.682. The van der Waals surface area contributed by atoms with Crippen molar-refractivity contribution >= 4 is 46.3 Å². The number of carboxylic acid groups (broad SMARTS) is 1. The van der Waals surface area contributed by atoms with Crippen molar-refractivity contribution < 1.29 is 21.5 Å². The maximum Gasteiger partial charge on any atom is 0.323 e. The van der Waals surface area contributed by atoms with Crippen LogP contribution in [0.5, 0.6) is 0 Å².